The second-order valence-electron chi connectivity index (χ2n) is 1.72. The van der Waals surface area contributed by atoms with E-state index in [4.69, 9.17) is 5.11 Å². The molecule has 1 amide bonds. The highest BCUT2D eigenvalue weighted by Gasteiger charge is 2.09. The van der Waals surface area contributed by atoms with Gasteiger partial charge in [-0.15, -0.1) is 0 Å². The average Bonchev–Trinajstić information content (AvgIpc) is 1.85. The van der Waals surface area contributed by atoms with E-state index >= 15 is 0 Å². The number of hydrogen-bond donors (Lipinski definition) is 1. The van der Waals surface area contributed by atoms with Crippen LogP contribution in [0.2, 0.25) is 0 Å². The van der Waals surface area contributed by atoms with Crippen molar-refractivity contribution < 1.29 is 14.7 Å². The van der Waals surface area contributed by atoms with Crippen molar-refractivity contribution in [1.82, 2.24) is 4.90 Å². The molecule has 0 fully saturated rings. The van der Waals surface area contributed by atoms with E-state index in [0.29, 0.717) is 0 Å². The van der Waals surface area contributed by atoms with Crippen molar-refractivity contribution in [3.8, 4) is 0 Å². The van der Waals surface area contributed by atoms with Crippen LogP contribution < -0.4 is 0 Å². The zero-order valence-electron chi connectivity index (χ0n) is 5.83. The van der Waals surface area contributed by atoms with Gasteiger partial charge in [-0.25, -0.2) is 0 Å². The summed E-state index contributed by atoms with van der Waals surface area (Å²) in [7, 11) is 1.45. The normalized spacial score (nSPS) is 9.00. The molecule has 0 aromatic rings. The minimum absolute atomic E-state index is 0.234. The number of rotatable bonds is 2. The van der Waals surface area contributed by atoms with E-state index in [9.17, 15) is 9.59 Å². The molecule has 1 N–H and O–H groups in total. The second-order valence-corrected chi connectivity index (χ2v) is 2.48. The quantitative estimate of drug-likeness (QED) is 0.643. The van der Waals surface area contributed by atoms with Crippen molar-refractivity contribution >= 4 is 23.0 Å². The first-order valence-corrected chi connectivity index (χ1v) is 3.81. The summed E-state index contributed by atoms with van der Waals surface area (Å²) in [6, 6.07) is 0. The van der Waals surface area contributed by atoms with Crippen molar-refractivity contribution in [1.29, 1.82) is 0 Å². The molecule has 10 heavy (non-hydrogen) atoms. The number of nitrogens with zero attached hydrogens (tertiary/aromatic N) is 1. The van der Waals surface area contributed by atoms with Crippen molar-refractivity contribution in [3.63, 3.8) is 0 Å². The van der Waals surface area contributed by atoms with E-state index < -0.39 is 5.97 Å². The molecule has 0 aliphatic heterocycles. The van der Waals surface area contributed by atoms with E-state index in [2.05, 4.69) is 0 Å². The predicted octanol–water partition coefficient (Wildman–Crippen LogP) is 0.486. The molecule has 0 aromatic heterocycles. The Balaban J connectivity index is 3.72. The van der Waals surface area contributed by atoms with Gasteiger partial charge in [0.1, 0.15) is 6.54 Å². The molecule has 58 valence electrons. The van der Waals surface area contributed by atoms with Gasteiger partial charge in [0, 0.05) is 7.05 Å². The Morgan fingerprint density at radius 3 is 2.40 bits per heavy atom. The smallest absolute Gasteiger partial charge is 0.323 e. The molecule has 0 saturated heterocycles. The number of thioether (sulfide) groups is 1. The Morgan fingerprint density at radius 2 is 2.10 bits per heavy atom. The highest BCUT2D eigenvalue weighted by Crippen LogP contribution is 2.00. The first-order chi connectivity index (χ1) is 4.57. The van der Waals surface area contributed by atoms with Gasteiger partial charge in [-0.05, 0) is 6.26 Å². The number of carbonyl (C=O) groups excluding carboxylic acids is 1. The van der Waals surface area contributed by atoms with Gasteiger partial charge in [-0.2, -0.15) is 0 Å². The Bertz CT molecular complexity index is 148. The lowest BCUT2D eigenvalue weighted by molar-refractivity contribution is -0.137. The summed E-state index contributed by atoms with van der Waals surface area (Å²) < 4.78 is 0. The van der Waals surface area contributed by atoms with Crippen molar-refractivity contribution in [2.24, 2.45) is 0 Å². The molecule has 0 aromatic carbocycles. The number of aliphatic carboxylic acids is 1. The van der Waals surface area contributed by atoms with Crippen LogP contribution in [0.25, 0.3) is 0 Å². The summed E-state index contributed by atoms with van der Waals surface area (Å²) in [6.45, 7) is -0.236. The molecule has 0 aliphatic carbocycles. The number of likely N-dealkylation sites (N-methyl/N-ethyl adjacent to an activating group) is 1. The van der Waals surface area contributed by atoms with E-state index in [1.165, 1.54) is 7.05 Å². The molecule has 0 rings (SSSR count). The van der Waals surface area contributed by atoms with Gasteiger partial charge in [0.15, 0.2) is 0 Å². The number of hydrogen-bond acceptors (Lipinski definition) is 3. The minimum Gasteiger partial charge on any atom is -0.480 e. The van der Waals surface area contributed by atoms with Crippen LogP contribution in [-0.4, -0.2) is 41.1 Å². The Kier molecular flexibility index (Phi) is 3.87. The maximum Gasteiger partial charge on any atom is 0.323 e. The summed E-state index contributed by atoms with van der Waals surface area (Å²) in [6.07, 6.45) is 1.61. The summed E-state index contributed by atoms with van der Waals surface area (Å²) in [5.74, 6) is -0.995. The highest BCUT2D eigenvalue weighted by atomic mass is 32.2. The van der Waals surface area contributed by atoms with Crippen LogP contribution >= 0.6 is 11.8 Å². The third kappa shape index (κ3) is 3.34. The number of carbonyl (C=O) groups is 2. The third-order valence-electron chi connectivity index (χ3n) is 0.859. The summed E-state index contributed by atoms with van der Waals surface area (Å²) in [5, 5.41) is 7.99. The van der Waals surface area contributed by atoms with E-state index in [1.54, 1.807) is 6.26 Å². The number of amides is 1. The van der Waals surface area contributed by atoms with Gasteiger partial charge < -0.3 is 10.0 Å². The molecule has 0 saturated carbocycles. The van der Waals surface area contributed by atoms with E-state index in [-0.39, 0.29) is 11.8 Å². The summed E-state index contributed by atoms with van der Waals surface area (Å²) in [5.41, 5.74) is 0. The van der Waals surface area contributed by atoms with Gasteiger partial charge >= 0.3 is 5.97 Å². The van der Waals surface area contributed by atoms with E-state index in [1.807, 2.05) is 0 Å². The van der Waals surface area contributed by atoms with Crippen LogP contribution in [0.4, 0.5) is 4.79 Å². The second kappa shape index (κ2) is 4.16. The molecule has 0 spiro atoms. The van der Waals surface area contributed by atoms with Gasteiger partial charge in [0.25, 0.3) is 5.24 Å². The standard InChI is InChI=1S/C5H9NO3S/c1-6(3-4(7)8)5(9)10-2/h3H2,1-2H3,(H,7,8). The van der Waals surface area contributed by atoms with Gasteiger partial charge in [-0.3, -0.25) is 9.59 Å². The fourth-order valence-electron chi connectivity index (χ4n) is 0.423. The maximum absolute atomic E-state index is 10.7. The molecular weight excluding hydrogens is 154 g/mol. The van der Waals surface area contributed by atoms with Gasteiger partial charge in [0.2, 0.25) is 0 Å². The SMILES string of the molecule is CSC(=O)N(C)CC(=O)O. The first-order valence-electron chi connectivity index (χ1n) is 2.58. The molecule has 0 radical (unpaired) electrons. The lowest BCUT2D eigenvalue weighted by atomic mass is 10.6. The van der Waals surface area contributed by atoms with Crippen LogP contribution in [-0.2, 0) is 4.79 Å². The zero-order chi connectivity index (χ0) is 8.15. The van der Waals surface area contributed by atoms with Crippen LogP contribution in [0.3, 0.4) is 0 Å². The molecule has 5 heteroatoms. The Labute approximate surface area is 63.2 Å². The highest BCUT2D eigenvalue weighted by molar-refractivity contribution is 8.12. The molecule has 0 heterocycles. The largest absolute Gasteiger partial charge is 0.480 e. The lowest BCUT2D eigenvalue weighted by Crippen LogP contribution is -2.28. The summed E-state index contributed by atoms with van der Waals surface area (Å²) >= 11 is 0.999. The third-order valence-corrected chi connectivity index (χ3v) is 1.52. The molecule has 0 unspecified atom stereocenters. The van der Waals surface area contributed by atoms with Crippen LogP contribution in [0.15, 0.2) is 0 Å². The van der Waals surface area contributed by atoms with Crippen LogP contribution in [0.5, 0.6) is 0 Å². The summed E-state index contributed by atoms with van der Waals surface area (Å²) in [4.78, 5) is 21.8. The molecule has 0 bridgehead atoms. The number of carboxylic acids is 1. The van der Waals surface area contributed by atoms with Crippen molar-refractivity contribution in [2.45, 2.75) is 0 Å². The monoisotopic (exact) mass is 163 g/mol. The minimum atomic E-state index is -0.995. The average molecular weight is 163 g/mol. The first kappa shape index (κ1) is 9.29. The maximum atomic E-state index is 10.7. The fraction of sp³-hybridized carbons (Fsp3) is 0.600. The van der Waals surface area contributed by atoms with E-state index in [0.717, 1.165) is 16.7 Å². The fourth-order valence-corrected chi connectivity index (χ4v) is 0.800. The topological polar surface area (TPSA) is 57.6 Å². The molecule has 0 aliphatic rings. The Hall–Kier alpha value is -0.710. The number of carboxylic acid groups (broad SMARTS) is 1. The van der Waals surface area contributed by atoms with Crippen LogP contribution in [0.1, 0.15) is 0 Å². The molecular formula is C5H9NO3S. The lowest BCUT2D eigenvalue weighted by Gasteiger charge is -2.11. The Morgan fingerprint density at radius 1 is 1.60 bits per heavy atom. The predicted molar refractivity (Wildman–Crippen MR) is 39.2 cm³/mol. The van der Waals surface area contributed by atoms with Gasteiger partial charge in [0.05, 0.1) is 0 Å². The van der Waals surface area contributed by atoms with Crippen molar-refractivity contribution in [2.75, 3.05) is 19.8 Å². The van der Waals surface area contributed by atoms with Crippen LogP contribution in [0, 0.1) is 0 Å². The molecule has 4 nitrogen and oxygen atoms in total. The zero-order valence-corrected chi connectivity index (χ0v) is 6.64. The van der Waals surface area contributed by atoms with Crippen molar-refractivity contribution in [3.05, 3.63) is 0 Å². The molecule has 0 atom stereocenters. The van der Waals surface area contributed by atoms with Gasteiger partial charge in [-0.1, -0.05) is 11.8 Å².